The van der Waals surface area contributed by atoms with E-state index in [1.54, 1.807) is 0 Å². The lowest BCUT2D eigenvalue weighted by Crippen LogP contribution is -2.58. The molecule has 5 aromatic rings. The Hall–Kier alpha value is -3.33. The van der Waals surface area contributed by atoms with Crippen LogP contribution in [-0.4, -0.2) is 12.4 Å². The van der Waals surface area contributed by atoms with E-state index in [0.29, 0.717) is 0 Å². The highest BCUT2D eigenvalue weighted by Crippen LogP contribution is 2.40. The van der Waals surface area contributed by atoms with Gasteiger partial charge in [0, 0.05) is 22.0 Å². The fourth-order valence-corrected chi connectivity index (χ4v) is 5.91. The standard InChI is InChI=1S/C33H36BN2/c1-32(2,3)29(27-19-11-15-23-13-7-9-17-25(23)27)35-21-22-36(31(35)34)30(33(4,5)6)28-20-12-16-24-14-8-10-18-26(24)28/h7-22,29-30H,1-6H3/t29-,30-/m1/s1. The fourth-order valence-electron chi connectivity index (χ4n) is 5.91. The molecule has 1 heterocycles. The summed E-state index contributed by atoms with van der Waals surface area (Å²) in [6.45, 7) is 13.8. The summed E-state index contributed by atoms with van der Waals surface area (Å²) >= 11 is 0. The van der Waals surface area contributed by atoms with Gasteiger partial charge in [-0.3, -0.25) is 9.13 Å². The lowest BCUT2D eigenvalue weighted by Gasteiger charge is -2.35. The van der Waals surface area contributed by atoms with Crippen LogP contribution < -0.4 is 10.3 Å². The van der Waals surface area contributed by atoms with Crippen LogP contribution in [-0.2, 0) is 0 Å². The molecule has 3 heteroatoms. The van der Waals surface area contributed by atoms with Gasteiger partial charge in [0.2, 0.25) is 0 Å². The van der Waals surface area contributed by atoms with Crippen LogP contribution >= 0.6 is 0 Å². The number of aromatic nitrogens is 2. The largest absolute Gasteiger partial charge is 0.458 e. The van der Waals surface area contributed by atoms with Crippen molar-refractivity contribution < 1.29 is 4.57 Å². The molecular weight excluding hydrogens is 435 g/mol. The number of benzene rings is 4. The Balaban J connectivity index is 1.72. The minimum Gasteiger partial charge on any atom is -0.458 e. The molecule has 0 spiro atoms. The van der Waals surface area contributed by atoms with E-state index >= 15 is 0 Å². The van der Waals surface area contributed by atoms with Gasteiger partial charge in [-0.05, 0) is 27.3 Å². The van der Waals surface area contributed by atoms with Crippen LogP contribution in [0, 0.1) is 10.8 Å². The Bertz CT molecular complexity index is 1410. The molecule has 2 atom stereocenters. The van der Waals surface area contributed by atoms with Crippen LogP contribution in [0.5, 0.6) is 0 Å². The van der Waals surface area contributed by atoms with Crippen LogP contribution in [0.3, 0.4) is 0 Å². The Morgan fingerprint density at radius 3 is 1.69 bits per heavy atom. The van der Waals surface area contributed by atoms with Gasteiger partial charge in [-0.25, -0.2) is 0 Å². The predicted octanol–water partition coefficient (Wildman–Crippen LogP) is 7.15. The maximum absolute atomic E-state index is 7.09. The Labute approximate surface area is 217 Å². The van der Waals surface area contributed by atoms with Crippen molar-refractivity contribution in [3.63, 3.8) is 0 Å². The van der Waals surface area contributed by atoms with Gasteiger partial charge >= 0.3 is 0 Å². The molecule has 5 rings (SSSR count). The molecule has 0 saturated carbocycles. The fraction of sp³-hybridized carbons (Fsp3) is 0.303. The normalized spacial score (nSPS) is 14.3. The number of nitrogens with zero attached hydrogens (tertiary/aromatic N) is 2. The maximum atomic E-state index is 7.09. The molecule has 0 aliphatic carbocycles. The minimum absolute atomic E-state index is 0.0498. The molecule has 3 radical (unpaired) electrons. The number of fused-ring (bicyclic) bond motifs is 2. The average molecular weight is 471 g/mol. The lowest BCUT2D eigenvalue weighted by molar-refractivity contribution is -0.708. The second kappa shape index (κ2) is 8.96. The van der Waals surface area contributed by atoms with Crippen molar-refractivity contribution in [2.75, 3.05) is 0 Å². The van der Waals surface area contributed by atoms with Gasteiger partial charge in [-0.15, -0.1) is 0 Å². The molecule has 36 heavy (non-hydrogen) atoms. The van der Waals surface area contributed by atoms with Crippen LogP contribution in [0.25, 0.3) is 21.5 Å². The first kappa shape index (κ1) is 24.4. The first-order chi connectivity index (χ1) is 17.1. The van der Waals surface area contributed by atoms with Crippen molar-refractivity contribution >= 4 is 35.1 Å². The second-order valence-electron chi connectivity index (χ2n) is 12.1. The number of hydrogen-bond acceptors (Lipinski definition) is 0. The molecule has 181 valence electrons. The van der Waals surface area contributed by atoms with E-state index in [1.807, 2.05) is 0 Å². The van der Waals surface area contributed by atoms with Gasteiger partial charge in [-0.1, -0.05) is 126 Å². The van der Waals surface area contributed by atoms with Gasteiger partial charge in [0.1, 0.15) is 24.5 Å². The zero-order valence-electron chi connectivity index (χ0n) is 22.4. The van der Waals surface area contributed by atoms with Crippen molar-refractivity contribution in [2.45, 2.75) is 53.6 Å². The molecule has 0 saturated heterocycles. The summed E-state index contributed by atoms with van der Waals surface area (Å²) in [6, 6.07) is 30.7. The van der Waals surface area contributed by atoms with Gasteiger partial charge in [0.25, 0.3) is 0 Å². The minimum atomic E-state index is -0.0498. The Kier molecular flexibility index (Phi) is 6.07. The van der Waals surface area contributed by atoms with E-state index < -0.39 is 0 Å². The van der Waals surface area contributed by atoms with Crippen LogP contribution in [0.15, 0.2) is 97.3 Å². The van der Waals surface area contributed by atoms with Gasteiger partial charge in [0.05, 0.1) is 0 Å². The van der Waals surface area contributed by atoms with Crippen molar-refractivity contribution in [3.8, 4) is 0 Å². The lowest BCUT2D eigenvalue weighted by atomic mass is 9.79. The van der Waals surface area contributed by atoms with Gasteiger partial charge in [-0.2, -0.15) is 0 Å². The highest BCUT2D eigenvalue weighted by molar-refractivity contribution is 6.28. The smallest absolute Gasteiger partial charge is 0.127 e. The molecule has 0 bridgehead atoms. The third-order valence-electron chi connectivity index (χ3n) is 7.35. The summed E-state index contributed by atoms with van der Waals surface area (Å²) in [6.07, 6.45) is 4.35. The molecule has 0 fully saturated rings. The van der Waals surface area contributed by atoms with E-state index in [1.165, 1.54) is 32.7 Å². The van der Waals surface area contributed by atoms with Crippen molar-refractivity contribution in [1.82, 2.24) is 4.57 Å². The maximum Gasteiger partial charge on any atom is 0.127 e. The van der Waals surface area contributed by atoms with Crippen molar-refractivity contribution in [3.05, 3.63) is 108 Å². The van der Waals surface area contributed by atoms with Crippen LogP contribution in [0.1, 0.15) is 64.8 Å². The van der Waals surface area contributed by atoms with E-state index in [9.17, 15) is 0 Å². The van der Waals surface area contributed by atoms with Crippen LogP contribution in [0.4, 0.5) is 0 Å². The molecule has 0 unspecified atom stereocenters. The molecule has 0 amide bonds. The zero-order chi connectivity index (χ0) is 25.7. The molecule has 0 aliphatic heterocycles. The second-order valence-corrected chi connectivity index (χ2v) is 12.1. The highest BCUT2D eigenvalue weighted by atomic mass is 15.2. The van der Waals surface area contributed by atoms with E-state index in [2.05, 4.69) is 148 Å². The molecular formula is C33H36BN2. The number of rotatable bonds is 4. The Morgan fingerprint density at radius 1 is 0.639 bits per heavy atom. The van der Waals surface area contributed by atoms with Gasteiger partial charge in [0.15, 0.2) is 0 Å². The van der Waals surface area contributed by atoms with Crippen LogP contribution in [0.2, 0.25) is 0 Å². The topological polar surface area (TPSA) is 8.81 Å². The van der Waals surface area contributed by atoms with Crippen molar-refractivity contribution in [2.24, 2.45) is 10.8 Å². The van der Waals surface area contributed by atoms with E-state index in [0.717, 1.165) is 5.72 Å². The molecule has 1 aromatic heterocycles. The van der Waals surface area contributed by atoms with E-state index in [4.69, 9.17) is 7.85 Å². The quantitative estimate of drug-likeness (QED) is 0.195. The molecule has 0 N–H and O–H groups in total. The first-order valence-corrected chi connectivity index (χ1v) is 12.9. The van der Waals surface area contributed by atoms with Gasteiger partial charge < -0.3 is 7.85 Å². The zero-order valence-corrected chi connectivity index (χ0v) is 22.4. The third kappa shape index (κ3) is 4.26. The summed E-state index contributed by atoms with van der Waals surface area (Å²) in [5.41, 5.74) is 3.27. The number of imidazole rings is 1. The first-order valence-electron chi connectivity index (χ1n) is 12.9. The third-order valence-corrected chi connectivity index (χ3v) is 7.35. The molecule has 0 aliphatic rings. The summed E-state index contributed by atoms with van der Waals surface area (Å²) < 4.78 is 4.57. The summed E-state index contributed by atoms with van der Waals surface area (Å²) in [4.78, 5) is 0. The van der Waals surface area contributed by atoms with E-state index in [-0.39, 0.29) is 22.9 Å². The summed E-state index contributed by atoms with van der Waals surface area (Å²) in [5, 5.41) is 5.07. The average Bonchev–Trinajstić information content (AvgIpc) is 3.18. The van der Waals surface area contributed by atoms with Crippen molar-refractivity contribution in [1.29, 1.82) is 0 Å². The Morgan fingerprint density at radius 2 is 1.14 bits per heavy atom. The molecule has 2 nitrogen and oxygen atoms in total. The predicted molar refractivity (Wildman–Crippen MR) is 153 cm³/mol. The summed E-state index contributed by atoms with van der Waals surface area (Å²) in [7, 11) is 7.09. The number of hydrogen-bond donors (Lipinski definition) is 0. The molecule has 4 aromatic carbocycles. The summed E-state index contributed by atoms with van der Waals surface area (Å²) in [5.74, 6) is 0. The highest BCUT2D eigenvalue weighted by Gasteiger charge is 2.37. The SMILES string of the molecule is [B-]c1n([C@H](c2cccc3ccccc23)C(C)(C)C)cc[n+]1[C@H](c1cccc2ccccc12)C(C)(C)C. The monoisotopic (exact) mass is 471 g/mol.